The van der Waals surface area contributed by atoms with Crippen molar-refractivity contribution >= 4 is 0 Å². The molecule has 0 nitrogen and oxygen atoms in total. The van der Waals surface area contributed by atoms with Crippen molar-refractivity contribution in [3.05, 3.63) is 0 Å². The minimum atomic E-state index is 0.450. The normalized spacial score (nSPS) is 39.4. The van der Waals surface area contributed by atoms with Crippen molar-refractivity contribution in [3.8, 4) is 0 Å². The minimum Gasteiger partial charge on any atom is -0.0625 e. The molecule has 0 amide bonds. The Kier molecular flexibility index (Phi) is 3.05. The Morgan fingerprint density at radius 2 is 1.64 bits per heavy atom. The number of hydrogen-bond donors (Lipinski definition) is 0. The second-order valence-corrected chi connectivity index (χ2v) is 6.89. The molecule has 1 fully saturated rings. The van der Waals surface area contributed by atoms with Crippen LogP contribution in [-0.4, -0.2) is 0 Å². The maximum Gasteiger partial charge on any atom is -0.0198 e. The van der Waals surface area contributed by atoms with E-state index in [0.717, 1.165) is 17.8 Å². The molecule has 0 bridgehead atoms. The van der Waals surface area contributed by atoms with Gasteiger partial charge in [-0.05, 0) is 41.4 Å². The lowest BCUT2D eigenvalue weighted by Gasteiger charge is -2.49. The summed E-state index contributed by atoms with van der Waals surface area (Å²) in [7, 11) is 0. The Bertz CT molecular complexity index is 197. The Morgan fingerprint density at radius 1 is 1.14 bits per heavy atom. The molecule has 0 aromatic heterocycles. The van der Waals surface area contributed by atoms with Crippen molar-refractivity contribution in [2.24, 2.45) is 28.6 Å². The highest BCUT2D eigenvalue weighted by molar-refractivity contribution is 5.01. The third-order valence-electron chi connectivity index (χ3n) is 4.75. The fraction of sp³-hybridized carbons (Fsp3) is 1.00. The van der Waals surface area contributed by atoms with Gasteiger partial charge < -0.3 is 0 Å². The van der Waals surface area contributed by atoms with Gasteiger partial charge in [0.1, 0.15) is 0 Å². The largest absolute Gasteiger partial charge is 0.0625 e. The maximum atomic E-state index is 2.47. The summed E-state index contributed by atoms with van der Waals surface area (Å²) >= 11 is 0. The lowest BCUT2D eigenvalue weighted by Crippen LogP contribution is -2.42. The summed E-state index contributed by atoms with van der Waals surface area (Å²) in [5, 5.41) is 0. The summed E-state index contributed by atoms with van der Waals surface area (Å²) in [6.07, 6.45) is 2.85. The molecule has 0 heterocycles. The van der Waals surface area contributed by atoms with Gasteiger partial charge in [-0.1, -0.05) is 48.5 Å². The van der Waals surface area contributed by atoms with Crippen LogP contribution in [0.25, 0.3) is 0 Å². The number of hydrogen-bond acceptors (Lipinski definition) is 0. The zero-order valence-corrected chi connectivity index (χ0v) is 11.1. The molecule has 14 heavy (non-hydrogen) atoms. The van der Waals surface area contributed by atoms with Crippen LogP contribution in [0.1, 0.15) is 61.3 Å². The first-order chi connectivity index (χ1) is 6.22. The summed E-state index contributed by atoms with van der Waals surface area (Å²) in [4.78, 5) is 0. The molecule has 1 aliphatic rings. The van der Waals surface area contributed by atoms with Crippen LogP contribution in [0.4, 0.5) is 0 Å². The molecule has 0 N–H and O–H groups in total. The zero-order chi connectivity index (χ0) is 11.1. The highest BCUT2D eigenvalue weighted by atomic mass is 14.6. The second kappa shape index (κ2) is 3.54. The topological polar surface area (TPSA) is 0 Å². The average Bonchev–Trinajstić information content (AvgIpc) is 2.24. The van der Waals surface area contributed by atoms with Gasteiger partial charge in [-0.2, -0.15) is 0 Å². The van der Waals surface area contributed by atoms with Gasteiger partial charge in [-0.25, -0.2) is 0 Å². The lowest BCUT2D eigenvalue weighted by atomic mass is 9.56. The van der Waals surface area contributed by atoms with Crippen molar-refractivity contribution in [3.63, 3.8) is 0 Å². The van der Waals surface area contributed by atoms with Crippen molar-refractivity contribution in [1.82, 2.24) is 0 Å². The molecule has 1 rings (SSSR count). The Balaban J connectivity index is 3.06. The van der Waals surface area contributed by atoms with Crippen LogP contribution >= 0.6 is 0 Å². The van der Waals surface area contributed by atoms with E-state index in [2.05, 4.69) is 48.5 Å². The van der Waals surface area contributed by atoms with Crippen molar-refractivity contribution in [2.45, 2.75) is 61.3 Å². The fourth-order valence-corrected chi connectivity index (χ4v) is 4.39. The minimum absolute atomic E-state index is 0.450. The SMILES string of the molecule is CC1C[C@@H](C)C(C(C)C)(C(C)(C)C)C1. The van der Waals surface area contributed by atoms with Crippen LogP contribution < -0.4 is 0 Å². The molecule has 0 aromatic carbocycles. The third kappa shape index (κ3) is 1.61. The predicted octanol–water partition coefficient (Wildman–Crippen LogP) is 4.74. The molecule has 0 saturated heterocycles. The fourth-order valence-electron chi connectivity index (χ4n) is 4.39. The molecule has 0 aromatic rings. The van der Waals surface area contributed by atoms with E-state index in [1.165, 1.54) is 12.8 Å². The van der Waals surface area contributed by atoms with Crippen molar-refractivity contribution in [1.29, 1.82) is 0 Å². The standard InChI is InChI=1S/C14H28/c1-10(2)14(13(5,6)7)9-11(3)8-12(14)4/h10-12H,8-9H2,1-7H3/t11?,12-,14?/m1/s1. The first kappa shape index (κ1) is 12.1. The summed E-state index contributed by atoms with van der Waals surface area (Å²) in [5.41, 5.74) is 1.01. The van der Waals surface area contributed by atoms with Gasteiger partial charge in [-0.15, -0.1) is 0 Å². The van der Waals surface area contributed by atoms with E-state index in [0.29, 0.717) is 10.8 Å². The molecule has 1 saturated carbocycles. The quantitative estimate of drug-likeness (QED) is 0.568. The molecule has 0 heteroatoms. The van der Waals surface area contributed by atoms with Gasteiger partial charge in [0.05, 0.1) is 0 Å². The molecule has 1 aliphatic carbocycles. The number of rotatable bonds is 1. The predicted molar refractivity (Wildman–Crippen MR) is 64.3 cm³/mol. The van der Waals surface area contributed by atoms with Crippen LogP contribution in [0.3, 0.4) is 0 Å². The van der Waals surface area contributed by atoms with Gasteiger partial charge in [0.15, 0.2) is 0 Å². The van der Waals surface area contributed by atoms with Crippen LogP contribution in [0.5, 0.6) is 0 Å². The van der Waals surface area contributed by atoms with Gasteiger partial charge in [0, 0.05) is 0 Å². The Morgan fingerprint density at radius 3 is 1.79 bits per heavy atom. The highest BCUT2D eigenvalue weighted by Gasteiger charge is 2.52. The monoisotopic (exact) mass is 196 g/mol. The van der Waals surface area contributed by atoms with Crippen LogP contribution in [0.15, 0.2) is 0 Å². The third-order valence-corrected chi connectivity index (χ3v) is 4.75. The van der Waals surface area contributed by atoms with E-state index in [1.807, 2.05) is 0 Å². The summed E-state index contributed by atoms with van der Waals surface area (Å²) in [5.74, 6) is 2.62. The van der Waals surface area contributed by atoms with E-state index in [9.17, 15) is 0 Å². The first-order valence-electron chi connectivity index (χ1n) is 6.22. The van der Waals surface area contributed by atoms with Gasteiger partial charge in [-0.3, -0.25) is 0 Å². The Hall–Kier alpha value is 0. The maximum absolute atomic E-state index is 2.47. The highest BCUT2D eigenvalue weighted by Crippen LogP contribution is 2.60. The molecule has 0 aliphatic heterocycles. The summed E-state index contributed by atoms with van der Waals surface area (Å²) in [6.45, 7) is 17.0. The smallest absolute Gasteiger partial charge is 0.0198 e. The van der Waals surface area contributed by atoms with Gasteiger partial charge in [0.25, 0.3) is 0 Å². The van der Waals surface area contributed by atoms with E-state index in [-0.39, 0.29) is 0 Å². The molecule has 3 atom stereocenters. The molecular weight excluding hydrogens is 168 g/mol. The van der Waals surface area contributed by atoms with Gasteiger partial charge >= 0.3 is 0 Å². The zero-order valence-electron chi connectivity index (χ0n) is 11.1. The molecule has 2 unspecified atom stereocenters. The van der Waals surface area contributed by atoms with Crippen LogP contribution in [0.2, 0.25) is 0 Å². The summed E-state index contributed by atoms with van der Waals surface area (Å²) in [6, 6.07) is 0. The molecule has 0 spiro atoms. The van der Waals surface area contributed by atoms with Crippen LogP contribution in [0, 0.1) is 28.6 Å². The van der Waals surface area contributed by atoms with E-state index < -0.39 is 0 Å². The summed E-state index contributed by atoms with van der Waals surface area (Å²) < 4.78 is 0. The second-order valence-electron chi connectivity index (χ2n) is 6.89. The lowest BCUT2D eigenvalue weighted by molar-refractivity contribution is -0.00549. The van der Waals surface area contributed by atoms with E-state index >= 15 is 0 Å². The van der Waals surface area contributed by atoms with Crippen molar-refractivity contribution in [2.75, 3.05) is 0 Å². The molecule has 84 valence electrons. The van der Waals surface area contributed by atoms with Crippen molar-refractivity contribution < 1.29 is 0 Å². The molecular formula is C14H28. The van der Waals surface area contributed by atoms with E-state index in [1.54, 1.807) is 0 Å². The van der Waals surface area contributed by atoms with E-state index in [4.69, 9.17) is 0 Å². The van der Waals surface area contributed by atoms with Crippen LogP contribution in [-0.2, 0) is 0 Å². The van der Waals surface area contributed by atoms with Gasteiger partial charge in [0.2, 0.25) is 0 Å². The Labute approximate surface area is 90.5 Å². The average molecular weight is 196 g/mol. The first-order valence-corrected chi connectivity index (χ1v) is 6.22. The molecule has 0 radical (unpaired) electrons.